The molecule has 0 amide bonds. The SMILES string of the molecule is FCC(F)(F)C(F)(F)C(F)(F)OF. The van der Waals surface area contributed by atoms with Gasteiger partial charge in [-0.2, -0.15) is 26.3 Å². The van der Waals surface area contributed by atoms with Crippen LogP contribution in [0.5, 0.6) is 0 Å². The van der Waals surface area contributed by atoms with Crippen molar-refractivity contribution in [1.29, 1.82) is 0 Å². The van der Waals surface area contributed by atoms with Crippen LogP contribution in [0.3, 0.4) is 0 Å². The fourth-order valence-electron chi connectivity index (χ4n) is 0.345. The van der Waals surface area contributed by atoms with Crippen molar-refractivity contribution >= 4 is 0 Å². The molecular formula is C4H2F8O. The lowest BCUT2D eigenvalue weighted by atomic mass is 10.2. The van der Waals surface area contributed by atoms with Crippen LogP contribution in [0, 0.1) is 0 Å². The van der Waals surface area contributed by atoms with E-state index in [9.17, 15) is 35.3 Å². The zero-order valence-corrected chi connectivity index (χ0v) is 5.64. The van der Waals surface area contributed by atoms with Crippen molar-refractivity contribution in [3.63, 3.8) is 0 Å². The molecule has 0 saturated heterocycles. The average Bonchev–Trinajstić information content (AvgIpc) is 2.03. The van der Waals surface area contributed by atoms with Crippen molar-refractivity contribution in [2.45, 2.75) is 18.0 Å². The molecule has 9 heteroatoms. The van der Waals surface area contributed by atoms with Gasteiger partial charge in [-0.15, -0.1) is 4.94 Å². The molecule has 0 aromatic carbocycles. The Morgan fingerprint density at radius 2 is 1.31 bits per heavy atom. The van der Waals surface area contributed by atoms with Gasteiger partial charge in [0.1, 0.15) is 0 Å². The molecular weight excluding hydrogens is 216 g/mol. The average molecular weight is 218 g/mol. The minimum Gasteiger partial charge on any atom is -0.244 e. The quantitative estimate of drug-likeness (QED) is 0.659. The Labute approximate surface area is 66.2 Å². The molecule has 0 aromatic rings. The molecule has 13 heavy (non-hydrogen) atoms. The summed E-state index contributed by atoms with van der Waals surface area (Å²) in [5.41, 5.74) is 0. The van der Waals surface area contributed by atoms with E-state index in [-0.39, 0.29) is 0 Å². The summed E-state index contributed by atoms with van der Waals surface area (Å²) in [6.45, 7) is -3.06. The second-order valence-corrected chi connectivity index (χ2v) is 2.01. The van der Waals surface area contributed by atoms with Crippen molar-refractivity contribution in [1.82, 2.24) is 0 Å². The molecule has 0 spiro atoms. The zero-order chi connectivity index (χ0) is 10.9. The van der Waals surface area contributed by atoms with E-state index in [1.54, 1.807) is 0 Å². The first kappa shape index (κ1) is 12.4. The maximum Gasteiger partial charge on any atom is 0.455 e. The summed E-state index contributed by atoms with van der Waals surface area (Å²) < 4.78 is 92.5. The van der Waals surface area contributed by atoms with Gasteiger partial charge in [0.15, 0.2) is 6.67 Å². The Hall–Kier alpha value is -0.600. The van der Waals surface area contributed by atoms with Gasteiger partial charge in [-0.1, -0.05) is 0 Å². The smallest absolute Gasteiger partial charge is 0.244 e. The molecule has 1 nitrogen and oxygen atoms in total. The highest BCUT2D eigenvalue weighted by molar-refractivity contribution is 4.90. The first-order valence-electron chi connectivity index (χ1n) is 2.61. The van der Waals surface area contributed by atoms with Crippen LogP contribution in [0.15, 0.2) is 0 Å². The first-order valence-corrected chi connectivity index (χ1v) is 2.61. The molecule has 0 aliphatic carbocycles. The van der Waals surface area contributed by atoms with Crippen molar-refractivity contribution < 1.29 is 40.2 Å². The summed E-state index contributed by atoms with van der Waals surface area (Å²) >= 11 is 0. The number of hydrogen-bond acceptors (Lipinski definition) is 1. The van der Waals surface area contributed by atoms with Crippen LogP contribution in [-0.4, -0.2) is 24.6 Å². The van der Waals surface area contributed by atoms with Gasteiger partial charge in [-0.3, -0.25) is 0 Å². The monoisotopic (exact) mass is 218 g/mol. The van der Waals surface area contributed by atoms with Crippen LogP contribution in [0.4, 0.5) is 35.3 Å². The van der Waals surface area contributed by atoms with Gasteiger partial charge in [0.05, 0.1) is 0 Å². The number of halogens is 8. The van der Waals surface area contributed by atoms with E-state index in [0.29, 0.717) is 0 Å². The highest BCUT2D eigenvalue weighted by Crippen LogP contribution is 2.46. The lowest BCUT2D eigenvalue weighted by Gasteiger charge is -2.27. The van der Waals surface area contributed by atoms with Gasteiger partial charge in [-0.25, -0.2) is 4.39 Å². The Balaban J connectivity index is 4.95. The number of hydrogen-bond donors (Lipinski definition) is 0. The molecule has 0 fully saturated rings. The molecule has 0 saturated carbocycles. The molecule has 0 bridgehead atoms. The van der Waals surface area contributed by atoms with E-state index >= 15 is 0 Å². The Morgan fingerprint density at radius 3 is 1.54 bits per heavy atom. The normalized spacial score (nSPS) is 14.8. The molecule has 0 heterocycles. The number of rotatable bonds is 4. The van der Waals surface area contributed by atoms with Gasteiger partial charge >= 0.3 is 18.0 Å². The van der Waals surface area contributed by atoms with Crippen molar-refractivity contribution in [2.24, 2.45) is 0 Å². The summed E-state index contributed by atoms with van der Waals surface area (Å²) in [6, 6.07) is 0. The predicted molar refractivity (Wildman–Crippen MR) is 23.0 cm³/mol. The summed E-state index contributed by atoms with van der Waals surface area (Å²) in [5.74, 6) is -11.9. The Bertz CT molecular complexity index is 159. The molecule has 0 rings (SSSR count). The van der Waals surface area contributed by atoms with E-state index in [4.69, 9.17) is 0 Å². The van der Waals surface area contributed by atoms with Gasteiger partial charge in [0.2, 0.25) is 0 Å². The van der Waals surface area contributed by atoms with Crippen LogP contribution in [0.2, 0.25) is 0 Å². The predicted octanol–water partition coefficient (Wildman–Crippen LogP) is 2.72. The van der Waals surface area contributed by atoms with Crippen LogP contribution < -0.4 is 0 Å². The summed E-state index contributed by atoms with van der Waals surface area (Å²) in [6.07, 6.45) is -6.07. The minimum atomic E-state index is -6.25. The molecule has 0 atom stereocenters. The minimum absolute atomic E-state index is 1.36. The Kier molecular flexibility index (Phi) is 3.12. The fourth-order valence-corrected chi connectivity index (χ4v) is 0.345. The van der Waals surface area contributed by atoms with E-state index in [0.717, 1.165) is 0 Å². The van der Waals surface area contributed by atoms with Gasteiger partial charge < -0.3 is 0 Å². The largest absolute Gasteiger partial charge is 0.455 e. The van der Waals surface area contributed by atoms with E-state index in [2.05, 4.69) is 0 Å². The van der Waals surface area contributed by atoms with Crippen molar-refractivity contribution in [3.8, 4) is 0 Å². The zero-order valence-electron chi connectivity index (χ0n) is 5.64. The van der Waals surface area contributed by atoms with Gasteiger partial charge in [0, 0.05) is 0 Å². The standard InChI is InChI=1S/C4H2F8O/c5-1-2(6,7)3(8,9)4(10,11)13-12/h1H2. The third kappa shape index (κ3) is 1.84. The molecule has 0 radical (unpaired) electrons. The number of alkyl halides is 7. The molecule has 80 valence electrons. The first-order chi connectivity index (χ1) is 5.62. The summed E-state index contributed by atoms with van der Waals surface area (Å²) in [7, 11) is 0. The van der Waals surface area contributed by atoms with E-state index in [1.807, 2.05) is 0 Å². The van der Waals surface area contributed by atoms with Crippen LogP contribution in [0.25, 0.3) is 0 Å². The third-order valence-corrected chi connectivity index (χ3v) is 1.09. The van der Waals surface area contributed by atoms with Crippen molar-refractivity contribution in [3.05, 3.63) is 0 Å². The Morgan fingerprint density at radius 1 is 0.923 bits per heavy atom. The molecule has 0 N–H and O–H groups in total. The van der Waals surface area contributed by atoms with Crippen LogP contribution in [0.1, 0.15) is 0 Å². The van der Waals surface area contributed by atoms with Crippen molar-refractivity contribution in [2.75, 3.05) is 6.67 Å². The lowest BCUT2D eigenvalue weighted by Crippen LogP contribution is -2.55. The van der Waals surface area contributed by atoms with E-state index < -0.39 is 24.6 Å². The molecule has 0 aromatic heterocycles. The molecule has 0 aliphatic heterocycles. The van der Waals surface area contributed by atoms with E-state index in [1.165, 1.54) is 4.94 Å². The second-order valence-electron chi connectivity index (χ2n) is 2.01. The van der Waals surface area contributed by atoms with Crippen LogP contribution in [-0.2, 0) is 4.94 Å². The highest BCUT2D eigenvalue weighted by atomic mass is 19.4. The maximum absolute atomic E-state index is 11.9. The van der Waals surface area contributed by atoms with Gasteiger partial charge in [0.25, 0.3) is 0 Å². The second kappa shape index (κ2) is 3.28. The van der Waals surface area contributed by atoms with Gasteiger partial charge in [-0.05, 0) is 4.53 Å². The lowest BCUT2D eigenvalue weighted by molar-refractivity contribution is -0.455. The maximum atomic E-state index is 11.9. The van der Waals surface area contributed by atoms with Crippen LogP contribution >= 0.6 is 0 Å². The highest BCUT2D eigenvalue weighted by Gasteiger charge is 2.74. The summed E-state index contributed by atoms with van der Waals surface area (Å²) in [5, 5.41) is 0. The molecule has 0 unspecified atom stereocenters. The third-order valence-electron chi connectivity index (χ3n) is 1.09. The summed E-state index contributed by atoms with van der Waals surface area (Å²) in [4.78, 5) is 1.36. The topological polar surface area (TPSA) is 9.23 Å². The molecule has 0 aliphatic rings. The fraction of sp³-hybridized carbons (Fsp3) is 1.00.